The first-order chi connectivity index (χ1) is 14.5. The molecule has 31 heavy (non-hydrogen) atoms. The van der Waals surface area contributed by atoms with Crippen LogP contribution in [0.4, 0.5) is 0 Å². The van der Waals surface area contributed by atoms with Gasteiger partial charge in [0.2, 0.25) is 19.7 Å². The van der Waals surface area contributed by atoms with Gasteiger partial charge < -0.3 is 0 Å². The molecule has 0 N–H and O–H groups in total. The summed E-state index contributed by atoms with van der Waals surface area (Å²) in [7, 11) is -14.1. The van der Waals surface area contributed by atoms with Gasteiger partial charge in [0, 0.05) is 6.26 Å². The van der Waals surface area contributed by atoms with E-state index < -0.39 is 33.4 Å². The van der Waals surface area contributed by atoms with Gasteiger partial charge in [-0.2, -0.15) is 0 Å². The molecule has 0 saturated carbocycles. The van der Waals surface area contributed by atoms with Crippen molar-refractivity contribution in [2.75, 3.05) is 6.26 Å². The Morgan fingerprint density at radius 1 is 0.516 bits per heavy atom. The van der Waals surface area contributed by atoms with E-state index >= 15 is 0 Å². The number of sulfone groups is 3. The Morgan fingerprint density at radius 2 is 0.871 bits per heavy atom. The van der Waals surface area contributed by atoms with E-state index in [1.807, 2.05) is 0 Å². The minimum absolute atomic E-state index is 0.369. The molecule has 0 radical (unpaired) electrons. The van der Waals surface area contributed by atoms with Gasteiger partial charge in [0.1, 0.15) is 0 Å². The Hall–Kier alpha value is -2.75. The highest BCUT2D eigenvalue weighted by Crippen LogP contribution is 2.32. The average Bonchev–Trinajstić information content (AvgIpc) is 2.71. The number of hydrogen-bond acceptors (Lipinski definition) is 6. The summed E-state index contributed by atoms with van der Waals surface area (Å²) in [6, 6.07) is 21.9. The molecular formula is C22H18O6S3. The lowest BCUT2D eigenvalue weighted by Crippen LogP contribution is -2.37. The Labute approximate surface area is 180 Å². The predicted octanol–water partition coefficient (Wildman–Crippen LogP) is 3.57. The van der Waals surface area contributed by atoms with Crippen molar-refractivity contribution in [1.29, 1.82) is 0 Å². The van der Waals surface area contributed by atoms with Crippen LogP contribution in [0.5, 0.6) is 0 Å². The zero-order chi connectivity index (χ0) is 22.4. The SMILES string of the molecule is CS(=O)(=O)C(S(=O)(=O)c1ccc2ccccc2c1)S(=O)(=O)c1ccc2ccccc2c1. The summed E-state index contributed by atoms with van der Waals surface area (Å²) in [6.07, 6.45) is 0.620. The monoisotopic (exact) mass is 474 g/mol. The Kier molecular flexibility index (Phi) is 5.15. The third-order valence-corrected chi connectivity index (χ3v) is 13.6. The Morgan fingerprint density at radius 3 is 1.23 bits per heavy atom. The molecule has 0 unspecified atom stereocenters. The molecule has 0 bridgehead atoms. The summed E-state index contributed by atoms with van der Waals surface area (Å²) in [5, 5.41) is 2.60. The second-order valence-electron chi connectivity index (χ2n) is 7.23. The maximum absolute atomic E-state index is 13.3. The van der Waals surface area contributed by atoms with Gasteiger partial charge >= 0.3 is 0 Å². The van der Waals surface area contributed by atoms with Crippen LogP contribution in [-0.2, 0) is 29.5 Å². The Balaban J connectivity index is 1.93. The maximum atomic E-state index is 13.3. The van der Waals surface area contributed by atoms with Crippen LogP contribution < -0.4 is 0 Å². The van der Waals surface area contributed by atoms with E-state index in [2.05, 4.69) is 0 Å². The standard InChI is InChI=1S/C22H18O6S3/c1-29(23,24)22(30(25,26)20-12-10-16-6-2-4-8-18(16)14-20)31(27,28)21-13-11-17-7-3-5-9-19(17)15-21/h2-15,22H,1H3. The van der Waals surface area contributed by atoms with Crippen LogP contribution in [0.25, 0.3) is 21.5 Å². The minimum atomic E-state index is -4.79. The fraction of sp³-hybridized carbons (Fsp3) is 0.0909. The summed E-state index contributed by atoms with van der Waals surface area (Å²) in [6.45, 7) is 0. The molecule has 0 spiro atoms. The zero-order valence-electron chi connectivity index (χ0n) is 16.3. The maximum Gasteiger partial charge on any atom is 0.271 e. The molecule has 0 aliphatic heterocycles. The zero-order valence-corrected chi connectivity index (χ0v) is 18.8. The molecule has 4 rings (SSSR count). The quantitative estimate of drug-likeness (QED) is 0.438. The van der Waals surface area contributed by atoms with E-state index in [9.17, 15) is 25.3 Å². The molecule has 4 aromatic carbocycles. The molecule has 9 heteroatoms. The topological polar surface area (TPSA) is 102 Å². The summed E-state index contributed by atoms with van der Waals surface area (Å²) in [4.78, 5) is -0.739. The van der Waals surface area contributed by atoms with Crippen LogP contribution >= 0.6 is 0 Å². The van der Waals surface area contributed by atoms with Crippen LogP contribution in [0.1, 0.15) is 0 Å². The van der Waals surface area contributed by atoms with Crippen molar-refractivity contribution in [2.45, 2.75) is 13.7 Å². The van der Waals surface area contributed by atoms with Gasteiger partial charge in [-0.15, -0.1) is 0 Å². The summed E-state index contributed by atoms with van der Waals surface area (Å²) in [5.74, 6) is 0. The Bertz CT molecular complexity index is 1530. The number of rotatable bonds is 5. The molecule has 4 aromatic rings. The van der Waals surface area contributed by atoms with Crippen LogP contribution in [-0.4, -0.2) is 35.4 Å². The van der Waals surface area contributed by atoms with Crippen molar-refractivity contribution in [3.8, 4) is 0 Å². The summed E-state index contributed by atoms with van der Waals surface area (Å²) < 4.78 is 75.8. The first kappa shape index (κ1) is 21.5. The third kappa shape index (κ3) is 3.84. The van der Waals surface area contributed by atoms with Crippen LogP contribution in [0.3, 0.4) is 0 Å². The highest BCUT2D eigenvalue weighted by atomic mass is 32.3. The van der Waals surface area contributed by atoms with Crippen molar-refractivity contribution in [1.82, 2.24) is 0 Å². The molecule has 0 fully saturated rings. The molecule has 0 aromatic heterocycles. The normalized spacial score (nSPS) is 13.1. The van der Waals surface area contributed by atoms with Gasteiger partial charge in [0.25, 0.3) is 3.91 Å². The summed E-state index contributed by atoms with van der Waals surface area (Å²) in [5.41, 5.74) is 0. The number of benzene rings is 4. The van der Waals surface area contributed by atoms with Gasteiger partial charge in [0.15, 0.2) is 9.84 Å². The average molecular weight is 475 g/mol. The summed E-state index contributed by atoms with van der Waals surface area (Å²) >= 11 is 0. The van der Waals surface area contributed by atoms with Crippen LogP contribution in [0.15, 0.2) is 94.7 Å². The van der Waals surface area contributed by atoms with Crippen molar-refractivity contribution in [3.63, 3.8) is 0 Å². The van der Waals surface area contributed by atoms with Gasteiger partial charge in [-0.3, -0.25) is 0 Å². The van der Waals surface area contributed by atoms with Crippen LogP contribution in [0, 0.1) is 0 Å². The fourth-order valence-electron chi connectivity index (χ4n) is 3.54. The molecule has 0 aliphatic carbocycles. The highest BCUT2D eigenvalue weighted by molar-refractivity contribution is 8.24. The van der Waals surface area contributed by atoms with Gasteiger partial charge in [-0.1, -0.05) is 60.7 Å². The smallest absolute Gasteiger partial charge is 0.227 e. The second kappa shape index (κ2) is 7.44. The van der Waals surface area contributed by atoms with Crippen molar-refractivity contribution < 1.29 is 25.3 Å². The first-order valence-electron chi connectivity index (χ1n) is 9.15. The van der Waals surface area contributed by atoms with Gasteiger partial charge in [-0.05, 0) is 45.8 Å². The van der Waals surface area contributed by atoms with E-state index in [0.29, 0.717) is 17.0 Å². The number of fused-ring (bicyclic) bond motifs is 2. The largest absolute Gasteiger partial charge is 0.271 e. The van der Waals surface area contributed by atoms with Gasteiger partial charge in [-0.25, -0.2) is 25.3 Å². The number of hydrogen-bond donors (Lipinski definition) is 0. The molecule has 0 heterocycles. The van der Waals surface area contributed by atoms with E-state index in [-0.39, 0.29) is 9.79 Å². The van der Waals surface area contributed by atoms with Crippen molar-refractivity contribution in [2.24, 2.45) is 0 Å². The molecule has 0 saturated heterocycles. The van der Waals surface area contributed by atoms with Gasteiger partial charge in [0.05, 0.1) is 9.79 Å². The molecule has 160 valence electrons. The predicted molar refractivity (Wildman–Crippen MR) is 121 cm³/mol. The molecule has 0 atom stereocenters. The van der Waals surface area contributed by atoms with E-state index in [1.165, 1.54) is 36.4 Å². The van der Waals surface area contributed by atoms with Crippen LogP contribution in [0.2, 0.25) is 0 Å². The molecule has 0 aliphatic rings. The lowest BCUT2D eigenvalue weighted by Gasteiger charge is -2.18. The van der Waals surface area contributed by atoms with E-state index in [1.54, 1.807) is 48.5 Å². The highest BCUT2D eigenvalue weighted by Gasteiger charge is 2.47. The molecule has 0 amide bonds. The van der Waals surface area contributed by atoms with Crippen molar-refractivity contribution in [3.05, 3.63) is 84.9 Å². The lowest BCUT2D eigenvalue weighted by molar-refractivity contribution is 0.575. The van der Waals surface area contributed by atoms with Crippen molar-refractivity contribution >= 4 is 51.1 Å². The fourth-order valence-corrected chi connectivity index (χ4v) is 11.4. The second-order valence-corrected chi connectivity index (χ2v) is 14.3. The lowest BCUT2D eigenvalue weighted by atomic mass is 10.1. The minimum Gasteiger partial charge on any atom is -0.227 e. The third-order valence-electron chi connectivity index (χ3n) is 4.96. The molecular weight excluding hydrogens is 456 g/mol. The van der Waals surface area contributed by atoms with E-state index in [4.69, 9.17) is 0 Å². The van der Waals surface area contributed by atoms with E-state index in [0.717, 1.165) is 10.8 Å². The molecule has 6 nitrogen and oxygen atoms in total. The first-order valence-corrected chi connectivity index (χ1v) is 14.2.